The van der Waals surface area contributed by atoms with E-state index < -0.39 is 10.0 Å². The quantitative estimate of drug-likeness (QED) is 0.704. The highest BCUT2D eigenvalue weighted by molar-refractivity contribution is 7.88. The first kappa shape index (κ1) is 21.3. The number of hydrogen-bond donors (Lipinski definition) is 1. The van der Waals surface area contributed by atoms with Crippen LogP contribution in [-0.4, -0.2) is 63.4 Å². The van der Waals surface area contributed by atoms with Crippen molar-refractivity contribution in [3.63, 3.8) is 0 Å². The SMILES string of the molecule is COc1ccc(CNC(=O)CN2CCN(S(=O)(=O)Cc3ccccc3)CC2)cc1. The van der Waals surface area contributed by atoms with Gasteiger partial charge in [0.25, 0.3) is 0 Å². The van der Waals surface area contributed by atoms with Crippen molar-refractivity contribution in [3.8, 4) is 5.75 Å². The number of piperazine rings is 1. The van der Waals surface area contributed by atoms with Gasteiger partial charge in [0, 0.05) is 32.7 Å². The van der Waals surface area contributed by atoms with Gasteiger partial charge in [0.1, 0.15) is 5.75 Å². The molecule has 1 fully saturated rings. The molecule has 1 aliphatic heterocycles. The highest BCUT2D eigenvalue weighted by Gasteiger charge is 2.27. The molecule has 29 heavy (non-hydrogen) atoms. The van der Waals surface area contributed by atoms with Crippen molar-refractivity contribution in [1.82, 2.24) is 14.5 Å². The van der Waals surface area contributed by atoms with Gasteiger partial charge < -0.3 is 10.1 Å². The number of benzene rings is 2. The van der Waals surface area contributed by atoms with Crippen LogP contribution in [0.5, 0.6) is 5.75 Å². The summed E-state index contributed by atoms with van der Waals surface area (Å²) in [5.74, 6) is 0.720. The molecule has 1 saturated heterocycles. The molecular weight excluding hydrogens is 390 g/mol. The van der Waals surface area contributed by atoms with Crippen LogP contribution in [0.3, 0.4) is 0 Å². The van der Waals surface area contributed by atoms with E-state index >= 15 is 0 Å². The summed E-state index contributed by atoms with van der Waals surface area (Å²) in [4.78, 5) is 14.2. The van der Waals surface area contributed by atoms with Crippen molar-refractivity contribution in [3.05, 3.63) is 65.7 Å². The third kappa shape index (κ3) is 6.28. The molecule has 1 heterocycles. The molecule has 2 aromatic carbocycles. The second-order valence-corrected chi connectivity index (χ2v) is 9.01. The van der Waals surface area contributed by atoms with Crippen molar-refractivity contribution in [2.24, 2.45) is 0 Å². The number of amides is 1. The minimum absolute atomic E-state index is 0.0101. The van der Waals surface area contributed by atoms with Crippen LogP contribution in [0.15, 0.2) is 54.6 Å². The van der Waals surface area contributed by atoms with Crippen LogP contribution in [0.1, 0.15) is 11.1 Å². The lowest BCUT2D eigenvalue weighted by Gasteiger charge is -2.33. The minimum atomic E-state index is -3.34. The maximum atomic E-state index is 12.6. The molecule has 3 rings (SSSR count). The van der Waals surface area contributed by atoms with Crippen molar-refractivity contribution < 1.29 is 17.9 Å². The zero-order valence-corrected chi connectivity index (χ0v) is 17.4. The van der Waals surface area contributed by atoms with Gasteiger partial charge in [0.15, 0.2) is 0 Å². The molecule has 156 valence electrons. The molecule has 0 aromatic heterocycles. The monoisotopic (exact) mass is 417 g/mol. The normalized spacial score (nSPS) is 15.8. The van der Waals surface area contributed by atoms with Crippen LogP contribution >= 0.6 is 0 Å². The lowest BCUT2D eigenvalue weighted by Crippen LogP contribution is -2.51. The van der Waals surface area contributed by atoms with Crippen molar-refractivity contribution in [2.45, 2.75) is 12.3 Å². The molecule has 7 nitrogen and oxygen atoms in total. The third-order valence-electron chi connectivity index (χ3n) is 4.93. The van der Waals surface area contributed by atoms with Crippen LogP contribution in [0.4, 0.5) is 0 Å². The van der Waals surface area contributed by atoms with Crippen LogP contribution < -0.4 is 10.1 Å². The molecule has 0 saturated carbocycles. The Balaban J connectivity index is 1.42. The molecule has 0 spiro atoms. The van der Waals surface area contributed by atoms with E-state index in [1.54, 1.807) is 7.11 Å². The molecule has 0 radical (unpaired) electrons. The first-order chi connectivity index (χ1) is 14.0. The Morgan fingerprint density at radius 3 is 2.24 bits per heavy atom. The largest absolute Gasteiger partial charge is 0.497 e. The first-order valence-electron chi connectivity index (χ1n) is 9.60. The summed E-state index contributed by atoms with van der Waals surface area (Å²) in [6, 6.07) is 16.7. The summed E-state index contributed by atoms with van der Waals surface area (Å²) in [5.41, 5.74) is 1.78. The molecule has 0 aliphatic carbocycles. The van der Waals surface area contributed by atoms with Crippen molar-refractivity contribution in [2.75, 3.05) is 39.8 Å². The Kier molecular flexibility index (Phi) is 7.24. The Hall–Kier alpha value is -2.42. The topological polar surface area (TPSA) is 79.0 Å². The summed E-state index contributed by atoms with van der Waals surface area (Å²) in [6.07, 6.45) is 0. The molecule has 0 atom stereocenters. The van der Waals surface area contributed by atoms with Gasteiger partial charge in [0.2, 0.25) is 15.9 Å². The molecule has 0 unspecified atom stereocenters. The fraction of sp³-hybridized carbons (Fsp3) is 0.381. The Morgan fingerprint density at radius 2 is 1.62 bits per heavy atom. The van der Waals surface area contributed by atoms with Gasteiger partial charge in [0.05, 0.1) is 19.4 Å². The van der Waals surface area contributed by atoms with Gasteiger partial charge in [-0.25, -0.2) is 8.42 Å². The summed E-state index contributed by atoms with van der Waals surface area (Å²) in [6.45, 7) is 2.62. The summed E-state index contributed by atoms with van der Waals surface area (Å²) < 4.78 is 31.9. The molecule has 2 aromatic rings. The van der Waals surface area contributed by atoms with Crippen LogP contribution in [0.25, 0.3) is 0 Å². The van der Waals surface area contributed by atoms with Gasteiger partial charge in [-0.3, -0.25) is 9.69 Å². The second-order valence-electron chi connectivity index (χ2n) is 7.04. The maximum Gasteiger partial charge on any atom is 0.234 e. The fourth-order valence-electron chi connectivity index (χ4n) is 3.24. The molecule has 8 heteroatoms. The Labute approximate surface area is 172 Å². The average Bonchev–Trinajstić information content (AvgIpc) is 2.73. The number of ether oxygens (including phenoxy) is 1. The molecule has 1 amide bonds. The smallest absolute Gasteiger partial charge is 0.234 e. The zero-order valence-electron chi connectivity index (χ0n) is 16.6. The van der Waals surface area contributed by atoms with E-state index in [1.165, 1.54) is 4.31 Å². The van der Waals surface area contributed by atoms with E-state index in [9.17, 15) is 13.2 Å². The number of carbonyl (C=O) groups excluding carboxylic acids is 1. The van der Waals surface area contributed by atoms with E-state index in [-0.39, 0.29) is 18.2 Å². The van der Waals surface area contributed by atoms with E-state index in [2.05, 4.69) is 5.32 Å². The Bertz CT molecular complexity index is 893. The number of hydrogen-bond acceptors (Lipinski definition) is 5. The summed E-state index contributed by atoms with van der Waals surface area (Å²) in [7, 11) is -1.73. The Morgan fingerprint density at radius 1 is 0.966 bits per heavy atom. The van der Waals surface area contributed by atoms with Crippen LogP contribution in [-0.2, 0) is 27.1 Å². The first-order valence-corrected chi connectivity index (χ1v) is 11.2. The maximum absolute atomic E-state index is 12.6. The average molecular weight is 418 g/mol. The molecular formula is C21H27N3O4S. The van der Waals surface area contributed by atoms with E-state index in [4.69, 9.17) is 4.74 Å². The van der Waals surface area contributed by atoms with Crippen molar-refractivity contribution >= 4 is 15.9 Å². The number of sulfonamides is 1. The van der Waals surface area contributed by atoms with Gasteiger partial charge >= 0.3 is 0 Å². The molecule has 0 bridgehead atoms. The van der Waals surface area contributed by atoms with Gasteiger partial charge in [-0.2, -0.15) is 4.31 Å². The van der Waals surface area contributed by atoms with Crippen LogP contribution in [0.2, 0.25) is 0 Å². The number of nitrogens with one attached hydrogen (secondary N) is 1. The molecule has 1 aliphatic rings. The summed E-state index contributed by atoms with van der Waals surface area (Å²) in [5, 5.41) is 2.90. The van der Waals surface area contributed by atoms with E-state index in [0.29, 0.717) is 32.7 Å². The van der Waals surface area contributed by atoms with Gasteiger partial charge in [-0.15, -0.1) is 0 Å². The van der Waals surface area contributed by atoms with E-state index in [1.807, 2.05) is 59.5 Å². The standard InChI is InChI=1S/C21H27N3O4S/c1-28-20-9-7-18(8-10-20)15-22-21(25)16-23-11-13-24(14-12-23)29(26,27)17-19-5-3-2-4-6-19/h2-10H,11-17H2,1H3,(H,22,25). The van der Waals surface area contributed by atoms with Gasteiger partial charge in [-0.1, -0.05) is 42.5 Å². The number of methoxy groups -OCH3 is 1. The summed E-state index contributed by atoms with van der Waals surface area (Å²) >= 11 is 0. The number of rotatable bonds is 8. The number of carbonyl (C=O) groups is 1. The second kappa shape index (κ2) is 9.87. The highest BCUT2D eigenvalue weighted by Crippen LogP contribution is 2.14. The zero-order chi connectivity index (χ0) is 20.7. The predicted octanol–water partition coefficient (Wildman–Crippen LogP) is 1.46. The van der Waals surface area contributed by atoms with E-state index in [0.717, 1.165) is 16.9 Å². The highest BCUT2D eigenvalue weighted by atomic mass is 32.2. The number of nitrogens with zero attached hydrogens (tertiary/aromatic N) is 2. The lowest BCUT2D eigenvalue weighted by molar-refractivity contribution is -0.122. The lowest BCUT2D eigenvalue weighted by atomic mass is 10.2. The minimum Gasteiger partial charge on any atom is -0.497 e. The fourth-order valence-corrected chi connectivity index (χ4v) is 4.76. The van der Waals surface area contributed by atoms with Crippen molar-refractivity contribution in [1.29, 1.82) is 0 Å². The van der Waals surface area contributed by atoms with Gasteiger partial charge in [-0.05, 0) is 23.3 Å². The molecule has 1 N–H and O–H groups in total. The van der Waals surface area contributed by atoms with Crippen LogP contribution in [0, 0.1) is 0 Å². The third-order valence-corrected chi connectivity index (χ3v) is 6.78. The predicted molar refractivity (Wildman–Crippen MR) is 112 cm³/mol.